The minimum absolute atomic E-state index is 0.0231. The molecule has 2 aromatic carbocycles. The third-order valence-corrected chi connectivity index (χ3v) is 5.27. The lowest BCUT2D eigenvalue weighted by Crippen LogP contribution is -2.44. The Balaban J connectivity index is 1.46. The molecule has 0 unspecified atom stereocenters. The number of anilines is 1. The maximum atomic E-state index is 12.3. The number of para-hydroxylation sites is 1. The molecule has 6 heteroatoms. The van der Waals surface area contributed by atoms with E-state index in [9.17, 15) is 9.59 Å². The second-order valence-corrected chi connectivity index (χ2v) is 7.33. The number of fused-ring (bicyclic) bond motifs is 1. The van der Waals surface area contributed by atoms with Crippen LogP contribution in [-0.4, -0.2) is 49.1 Å². The highest BCUT2D eigenvalue weighted by atomic mass is 32.2. The van der Waals surface area contributed by atoms with Gasteiger partial charge in [0.1, 0.15) is 6.54 Å². The molecule has 1 aliphatic rings. The predicted octanol–water partition coefficient (Wildman–Crippen LogP) is 2.37. The fourth-order valence-corrected chi connectivity index (χ4v) is 3.82. The van der Waals surface area contributed by atoms with E-state index in [1.165, 1.54) is 17.3 Å². The van der Waals surface area contributed by atoms with Crippen LogP contribution in [0, 0.1) is 0 Å². The standard InChI is InChI=1S/C20H23N3O2S/c1-22(13-16-7-3-2-4-8-16)12-11-21-19(24)14-23-17-9-5-6-10-18(17)26-15-20(23)25/h2-10H,11-15H2,1H3,(H,21,24). The van der Waals surface area contributed by atoms with Crippen molar-refractivity contribution in [3.63, 3.8) is 0 Å². The molecule has 0 radical (unpaired) electrons. The molecule has 136 valence electrons. The van der Waals surface area contributed by atoms with Gasteiger partial charge in [-0.15, -0.1) is 11.8 Å². The van der Waals surface area contributed by atoms with E-state index >= 15 is 0 Å². The highest BCUT2D eigenvalue weighted by Gasteiger charge is 2.25. The number of carbonyl (C=O) groups excluding carboxylic acids is 2. The molecule has 0 aromatic heterocycles. The number of likely N-dealkylation sites (N-methyl/N-ethyl adjacent to an activating group) is 1. The summed E-state index contributed by atoms with van der Waals surface area (Å²) < 4.78 is 0. The molecule has 5 nitrogen and oxygen atoms in total. The largest absolute Gasteiger partial charge is 0.353 e. The van der Waals surface area contributed by atoms with E-state index in [0.717, 1.165) is 23.7 Å². The molecular formula is C20H23N3O2S. The van der Waals surface area contributed by atoms with E-state index in [-0.39, 0.29) is 18.4 Å². The highest BCUT2D eigenvalue weighted by Crippen LogP contribution is 2.34. The molecule has 1 heterocycles. The second kappa shape index (κ2) is 8.87. The van der Waals surface area contributed by atoms with Gasteiger partial charge < -0.3 is 15.1 Å². The zero-order valence-electron chi connectivity index (χ0n) is 14.9. The molecule has 1 N–H and O–H groups in total. The van der Waals surface area contributed by atoms with Gasteiger partial charge in [0.15, 0.2) is 0 Å². The summed E-state index contributed by atoms with van der Waals surface area (Å²) in [6.07, 6.45) is 0. The van der Waals surface area contributed by atoms with Gasteiger partial charge in [0, 0.05) is 24.5 Å². The molecule has 0 saturated carbocycles. The van der Waals surface area contributed by atoms with Crippen molar-refractivity contribution in [1.82, 2.24) is 10.2 Å². The van der Waals surface area contributed by atoms with E-state index in [4.69, 9.17) is 0 Å². The van der Waals surface area contributed by atoms with Crippen molar-refractivity contribution in [2.75, 3.05) is 37.3 Å². The van der Waals surface area contributed by atoms with Crippen LogP contribution in [0.15, 0.2) is 59.5 Å². The molecule has 0 atom stereocenters. The Morgan fingerprint density at radius 3 is 2.69 bits per heavy atom. The summed E-state index contributed by atoms with van der Waals surface area (Å²) in [5.74, 6) is 0.225. The number of benzene rings is 2. The third-order valence-electron chi connectivity index (χ3n) is 4.22. The maximum absolute atomic E-state index is 12.3. The topological polar surface area (TPSA) is 52.7 Å². The molecular weight excluding hydrogens is 346 g/mol. The van der Waals surface area contributed by atoms with Gasteiger partial charge >= 0.3 is 0 Å². The number of amides is 2. The monoisotopic (exact) mass is 369 g/mol. The van der Waals surface area contributed by atoms with Crippen LogP contribution in [0.1, 0.15) is 5.56 Å². The fraction of sp³-hybridized carbons (Fsp3) is 0.300. The first-order valence-corrected chi connectivity index (χ1v) is 9.63. The van der Waals surface area contributed by atoms with Crippen molar-refractivity contribution in [2.24, 2.45) is 0 Å². The summed E-state index contributed by atoms with van der Waals surface area (Å²) in [4.78, 5) is 29.3. The smallest absolute Gasteiger partial charge is 0.240 e. The van der Waals surface area contributed by atoms with Gasteiger partial charge in [0.05, 0.1) is 11.4 Å². The lowest BCUT2D eigenvalue weighted by Gasteiger charge is -2.28. The Bertz CT molecular complexity index is 767. The summed E-state index contributed by atoms with van der Waals surface area (Å²) >= 11 is 1.52. The molecule has 0 fully saturated rings. The van der Waals surface area contributed by atoms with E-state index in [2.05, 4.69) is 22.3 Å². The third kappa shape index (κ3) is 4.86. The van der Waals surface area contributed by atoms with E-state index < -0.39 is 0 Å². The van der Waals surface area contributed by atoms with Gasteiger partial charge in [-0.05, 0) is 24.7 Å². The number of carbonyl (C=O) groups is 2. The Labute approximate surface area is 158 Å². The SMILES string of the molecule is CN(CCNC(=O)CN1C(=O)CSc2ccccc21)Cc1ccccc1. The molecule has 0 bridgehead atoms. The van der Waals surface area contributed by atoms with Crippen LogP contribution in [0.3, 0.4) is 0 Å². The normalized spacial score (nSPS) is 13.6. The van der Waals surface area contributed by atoms with Crippen molar-refractivity contribution in [2.45, 2.75) is 11.4 Å². The van der Waals surface area contributed by atoms with Gasteiger partial charge in [-0.2, -0.15) is 0 Å². The number of hydrogen-bond donors (Lipinski definition) is 1. The molecule has 1 aliphatic heterocycles. The molecule has 3 rings (SSSR count). The van der Waals surface area contributed by atoms with E-state index in [1.807, 2.05) is 49.5 Å². The van der Waals surface area contributed by atoms with Gasteiger partial charge in [0.2, 0.25) is 11.8 Å². The maximum Gasteiger partial charge on any atom is 0.240 e. The number of rotatable bonds is 7. The molecule has 0 aliphatic carbocycles. The summed E-state index contributed by atoms with van der Waals surface area (Å²) in [5.41, 5.74) is 2.07. The number of thioether (sulfide) groups is 1. The molecule has 0 saturated heterocycles. The van der Waals surface area contributed by atoms with Crippen LogP contribution in [0.4, 0.5) is 5.69 Å². The van der Waals surface area contributed by atoms with E-state index in [1.54, 1.807) is 4.90 Å². The van der Waals surface area contributed by atoms with Gasteiger partial charge in [0.25, 0.3) is 0 Å². The van der Waals surface area contributed by atoms with Crippen LogP contribution in [0.25, 0.3) is 0 Å². The van der Waals surface area contributed by atoms with Crippen LogP contribution in [0.5, 0.6) is 0 Å². The first kappa shape index (κ1) is 18.5. The zero-order chi connectivity index (χ0) is 18.4. The number of nitrogens with zero attached hydrogens (tertiary/aromatic N) is 2. The van der Waals surface area contributed by atoms with Crippen molar-refractivity contribution in [3.8, 4) is 0 Å². The lowest BCUT2D eigenvalue weighted by molar-refractivity contribution is -0.123. The summed E-state index contributed by atoms with van der Waals surface area (Å²) in [5, 5.41) is 2.92. The number of nitrogens with one attached hydrogen (secondary N) is 1. The Morgan fingerprint density at radius 2 is 1.88 bits per heavy atom. The van der Waals surface area contributed by atoms with Gasteiger partial charge in [-0.1, -0.05) is 42.5 Å². The first-order chi connectivity index (χ1) is 12.6. The molecule has 2 amide bonds. The molecule has 2 aromatic rings. The summed E-state index contributed by atoms with van der Waals surface area (Å²) in [6.45, 7) is 2.21. The van der Waals surface area contributed by atoms with Crippen molar-refractivity contribution < 1.29 is 9.59 Å². The van der Waals surface area contributed by atoms with Crippen molar-refractivity contribution in [1.29, 1.82) is 0 Å². The average Bonchev–Trinajstić information content (AvgIpc) is 2.65. The predicted molar refractivity (Wildman–Crippen MR) is 105 cm³/mol. The van der Waals surface area contributed by atoms with Crippen LogP contribution < -0.4 is 10.2 Å². The Morgan fingerprint density at radius 1 is 1.15 bits per heavy atom. The van der Waals surface area contributed by atoms with Crippen LogP contribution in [0.2, 0.25) is 0 Å². The van der Waals surface area contributed by atoms with Gasteiger partial charge in [-0.3, -0.25) is 9.59 Å². The summed E-state index contributed by atoms with van der Waals surface area (Å²) in [7, 11) is 2.03. The highest BCUT2D eigenvalue weighted by molar-refractivity contribution is 8.00. The van der Waals surface area contributed by atoms with Crippen LogP contribution in [-0.2, 0) is 16.1 Å². The first-order valence-electron chi connectivity index (χ1n) is 8.65. The van der Waals surface area contributed by atoms with Crippen molar-refractivity contribution >= 4 is 29.3 Å². The van der Waals surface area contributed by atoms with Gasteiger partial charge in [-0.25, -0.2) is 0 Å². The molecule has 0 spiro atoms. The Hall–Kier alpha value is -2.31. The Kier molecular flexibility index (Phi) is 6.30. The minimum atomic E-state index is -0.131. The van der Waals surface area contributed by atoms with Crippen LogP contribution >= 0.6 is 11.8 Å². The van der Waals surface area contributed by atoms with Crippen molar-refractivity contribution in [3.05, 3.63) is 60.2 Å². The number of hydrogen-bond acceptors (Lipinski definition) is 4. The molecule has 26 heavy (non-hydrogen) atoms. The second-order valence-electron chi connectivity index (χ2n) is 6.31. The lowest BCUT2D eigenvalue weighted by atomic mass is 10.2. The quantitative estimate of drug-likeness (QED) is 0.814. The minimum Gasteiger partial charge on any atom is -0.353 e. The fourth-order valence-electron chi connectivity index (χ4n) is 2.89. The van der Waals surface area contributed by atoms with E-state index in [0.29, 0.717) is 12.3 Å². The summed E-state index contributed by atoms with van der Waals surface area (Å²) in [6, 6.07) is 17.9. The average molecular weight is 369 g/mol. The zero-order valence-corrected chi connectivity index (χ0v) is 15.7.